The molecule has 3 heterocycles. The largest absolute Gasteiger partial charge is 0.416 e. The number of thiazole rings is 1. The van der Waals surface area contributed by atoms with Crippen LogP contribution in [0.5, 0.6) is 0 Å². The molecule has 3 aromatic heterocycles. The Kier molecular flexibility index (Phi) is 8.93. The van der Waals surface area contributed by atoms with Gasteiger partial charge < -0.3 is 5.32 Å². The molecule has 0 saturated heterocycles. The predicted octanol–water partition coefficient (Wildman–Crippen LogP) is 6.41. The number of amides is 1. The van der Waals surface area contributed by atoms with Crippen LogP contribution < -0.4 is 5.32 Å². The molecule has 1 N–H and O–H groups in total. The number of unbranched alkanes of at least 4 members (excludes halogenated alkanes) is 3. The van der Waals surface area contributed by atoms with Crippen molar-refractivity contribution in [3.63, 3.8) is 0 Å². The normalized spacial score (nSPS) is 11.6. The van der Waals surface area contributed by atoms with Gasteiger partial charge in [0.1, 0.15) is 10.7 Å². The molecule has 37 heavy (non-hydrogen) atoms. The molecule has 4 rings (SSSR count). The number of carbonyl (C=O) groups excluding carboxylic acids is 1. The lowest BCUT2D eigenvalue weighted by atomic mass is 10.2. The van der Waals surface area contributed by atoms with Gasteiger partial charge in [-0.3, -0.25) is 14.3 Å². The Morgan fingerprint density at radius 1 is 1.11 bits per heavy atom. The van der Waals surface area contributed by atoms with E-state index in [9.17, 15) is 18.0 Å². The minimum Gasteiger partial charge on any atom is -0.351 e. The molecule has 12 heteroatoms. The zero-order valence-electron chi connectivity index (χ0n) is 20.0. The summed E-state index contributed by atoms with van der Waals surface area (Å²) in [6.45, 7) is 2.74. The van der Waals surface area contributed by atoms with Crippen molar-refractivity contribution in [3.05, 3.63) is 70.4 Å². The summed E-state index contributed by atoms with van der Waals surface area (Å²) in [7, 11) is 0. The summed E-state index contributed by atoms with van der Waals surface area (Å²) in [5.74, 6) is 0.560. The van der Waals surface area contributed by atoms with E-state index < -0.39 is 11.7 Å². The number of carbonyl (C=O) groups is 1. The maximum absolute atomic E-state index is 13.4. The molecule has 4 aromatic rings. The second-order valence-electron chi connectivity index (χ2n) is 8.16. The molecule has 0 fully saturated rings. The number of hydrogen-bond donors (Lipinski definition) is 1. The first kappa shape index (κ1) is 26.8. The third-order valence-electron chi connectivity index (χ3n) is 5.43. The van der Waals surface area contributed by atoms with Gasteiger partial charge in [-0.05, 0) is 36.8 Å². The van der Waals surface area contributed by atoms with Crippen molar-refractivity contribution in [2.75, 3.05) is 6.54 Å². The fourth-order valence-electron chi connectivity index (χ4n) is 3.56. The highest BCUT2D eigenvalue weighted by molar-refractivity contribution is 7.98. The van der Waals surface area contributed by atoms with Gasteiger partial charge in [-0.15, -0.1) is 21.5 Å². The molecular formula is C25H25F3N6OS2. The highest BCUT2D eigenvalue weighted by Gasteiger charge is 2.31. The highest BCUT2D eigenvalue weighted by atomic mass is 32.2. The van der Waals surface area contributed by atoms with Crippen LogP contribution in [0.3, 0.4) is 0 Å². The van der Waals surface area contributed by atoms with Gasteiger partial charge in [0.05, 0.1) is 17.0 Å². The summed E-state index contributed by atoms with van der Waals surface area (Å²) in [6, 6.07) is 8.48. The molecule has 0 saturated carbocycles. The van der Waals surface area contributed by atoms with Crippen LogP contribution in [0.15, 0.2) is 59.3 Å². The van der Waals surface area contributed by atoms with Crippen LogP contribution in [-0.2, 0) is 11.9 Å². The van der Waals surface area contributed by atoms with Crippen molar-refractivity contribution in [1.82, 2.24) is 30.0 Å². The van der Waals surface area contributed by atoms with Crippen molar-refractivity contribution in [1.29, 1.82) is 0 Å². The van der Waals surface area contributed by atoms with Crippen LogP contribution in [-0.4, -0.2) is 37.2 Å². The summed E-state index contributed by atoms with van der Waals surface area (Å²) >= 11 is 2.63. The van der Waals surface area contributed by atoms with Gasteiger partial charge in [0.2, 0.25) is 0 Å². The lowest BCUT2D eigenvalue weighted by Crippen LogP contribution is -2.24. The number of nitrogens with one attached hydrogen (secondary N) is 1. The quantitative estimate of drug-likeness (QED) is 0.173. The van der Waals surface area contributed by atoms with Gasteiger partial charge in [0.15, 0.2) is 11.0 Å². The first-order valence-electron chi connectivity index (χ1n) is 11.8. The Morgan fingerprint density at radius 3 is 2.68 bits per heavy atom. The molecule has 0 aliphatic rings. The van der Waals surface area contributed by atoms with Crippen molar-refractivity contribution in [3.8, 4) is 17.1 Å². The average Bonchev–Trinajstić information content (AvgIpc) is 3.55. The lowest BCUT2D eigenvalue weighted by Gasteiger charge is -2.13. The Hall–Kier alpha value is -3.25. The third kappa shape index (κ3) is 6.95. The van der Waals surface area contributed by atoms with Crippen molar-refractivity contribution in [2.24, 2.45) is 0 Å². The minimum atomic E-state index is -4.48. The van der Waals surface area contributed by atoms with E-state index in [1.807, 2.05) is 0 Å². The minimum absolute atomic E-state index is 0.212. The molecule has 0 bridgehead atoms. The number of rotatable bonds is 11. The number of pyridine rings is 1. The van der Waals surface area contributed by atoms with E-state index in [-0.39, 0.29) is 11.6 Å². The number of aromatic nitrogens is 5. The second kappa shape index (κ2) is 12.3. The smallest absolute Gasteiger partial charge is 0.351 e. The molecule has 0 unspecified atom stereocenters. The van der Waals surface area contributed by atoms with Crippen LogP contribution >= 0.6 is 23.1 Å². The zero-order valence-corrected chi connectivity index (χ0v) is 21.7. The molecule has 7 nitrogen and oxygen atoms in total. The summed E-state index contributed by atoms with van der Waals surface area (Å²) in [5, 5.41) is 14.2. The molecule has 194 valence electrons. The molecule has 1 amide bonds. The van der Waals surface area contributed by atoms with Crippen LogP contribution in [0.1, 0.15) is 53.7 Å². The van der Waals surface area contributed by atoms with E-state index in [4.69, 9.17) is 0 Å². The van der Waals surface area contributed by atoms with Crippen molar-refractivity contribution < 1.29 is 18.0 Å². The summed E-state index contributed by atoms with van der Waals surface area (Å²) in [4.78, 5) is 20.8. The molecule has 0 radical (unpaired) electrons. The summed E-state index contributed by atoms with van der Waals surface area (Å²) in [6.07, 6.45) is 2.95. The Balaban J connectivity index is 1.53. The van der Waals surface area contributed by atoms with E-state index in [2.05, 4.69) is 32.4 Å². The monoisotopic (exact) mass is 546 g/mol. The average molecular weight is 547 g/mol. The predicted molar refractivity (Wildman–Crippen MR) is 138 cm³/mol. The molecule has 0 aliphatic heterocycles. The van der Waals surface area contributed by atoms with Gasteiger partial charge in [-0.2, -0.15) is 13.2 Å². The molecule has 0 atom stereocenters. The van der Waals surface area contributed by atoms with E-state index in [1.54, 1.807) is 40.5 Å². The molecule has 1 aromatic carbocycles. The second-order valence-corrected chi connectivity index (χ2v) is 10.0. The Labute approximate surface area is 220 Å². The summed E-state index contributed by atoms with van der Waals surface area (Å²) < 4.78 is 41.8. The van der Waals surface area contributed by atoms with E-state index in [0.717, 1.165) is 37.8 Å². The number of alkyl halides is 3. The van der Waals surface area contributed by atoms with Crippen molar-refractivity contribution >= 4 is 29.0 Å². The standard InChI is InChI=1S/C25H25F3N6OS2/c1-2-3-4-5-11-30-23(35)20-15-36-21(31-20)16-37-24-33-32-22(17-9-12-29-13-10-17)34(24)19-8-6-7-18(14-19)25(26,27)28/h6-10,12-15H,2-5,11,16H2,1H3,(H,30,35). The lowest BCUT2D eigenvalue weighted by molar-refractivity contribution is -0.137. The fourth-order valence-corrected chi connectivity index (χ4v) is 5.30. The van der Waals surface area contributed by atoms with Gasteiger partial charge in [-0.1, -0.05) is 44.0 Å². The zero-order chi connectivity index (χ0) is 26.3. The SMILES string of the molecule is CCCCCCNC(=O)c1csc(CSc2nnc(-c3ccncc3)n2-c2cccc(C(F)(F)F)c2)n1. The van der Waals surface area contributed by atoms with Gasteiger partial charge in [0, 0.05) is 29.9 Å². The maximum atomic E-state index is 13.4. The van der Waals surface area contributed by atoms with Crippen LogP contribution in [0.2, 0.25) is 0 Å². The van der Waals surface area contributed by atoms with Crippen molar-refractivity contribution in [2.45, 2.75) is 49.7 Å². The first-order valence-corrected chi connectivity index (χ1v) is 13.6. The molecule has 0 spiro atoms. The molecular weight excluding hydrogens is 521 g/mol. The van der Waals surface area contributed by atoms with Gasteiger partial charge in [-0.25, -0.2) is 4.98 Å². The van der Waals surface area contributed by atoms with E-state index >= 15 is 0 Å². The first-order chi connectivity index (χ1) is 17.9. The molecule has 0 aliphatic carbocycles. The maximum Gasteiger partial charge on any atom is 0.416 e. The number of hydrogen-bond acceptors (Lipinski definition) is 7. The number of thioether (sulfide) groups is 1. The third-order valence-corrected chi connectivity index (χ3v) is 7.40. The fraction of sp³-hybridized carbons (Fsp3) is 0.320. The number of nitrogens with zero attached hydrogens (tertiary/aromatic N) is 5. The van der Waals surface area contributed by atoms with Crippen LogP contribution in [0, 0.1) is 0 Å². The topological polar surface area (TPSA) is 85.6 Å². The Bertz CT molecular complexity index is 1320. The van der Waals surface area contributed by atoms with Crippen LogP contribution in [0.4, 0.5) is 13.2 Å². The van der Waals surface area contributed by atoms with E-state index in [0.29, 0.717) is 39.5 Å². The number of benzene rings is 1. The summed E-state index contributed by atoms with van der Waals surface area (Å²) in [5.41, 5.74) is 0.545. The number of halogens is 3. The highest BCUT2D eigenvalue weighted by Crippen LogP contribution is 2.34. The Morgan fingerprint density at radius 2 is 1.92 bits per heavy atom. The van der Waals surface area contributed by atoms with E-state index in [1.165, 1.54) is 29.2 Å². The van der Waals surface area contributed by atoms with Gasteiger partial charge in [0.25, 0.3) is 5.91 Å². The van der Waals surface area contributed by atoms with Gasteiger partial charge >= 0.3 is 6.18 Å². The van der Waals surface area contributed by atoms with Crippen LogP contribution in [0.25, 0.3) is 17.1 Å².